The summed E-state index contributed by atoms with van der Waals surface area (Å²) in [5.41, 5.74) is 1.18. The highest BCUT2D eigenvalue weighted by Crippen LogP contribution is 2.32. The van der Waals surface area contributed by atoms with E-state index in [2.05, 4.69) is 5.32 Å². The number of rotatable bonds is 5. The number of aromatic carboxylic acids is 1. The molecule has 1 fully saturated rings. The summed E-state index contributed by atoms with van der Waals surface area (Å²) >= 11 is 1.57. The lowest BCUT2D eigenvalue weighted by atomic mass is 10.1. The molecule has 1 aromatic rings. The summed E-state index contributed by atoms with van der Waals surface area (Å²) in [5.74, 6) is 0.0346. The summed E-state index contributed by atoms with van der Waals surface area (Å²) < 4.78 is 0. The van der Waals surface area contributed by atoms with Crippen LogP contribution in [0.3, 0.4) is 0 Å². The third kappa shape index (κ3) is 2.50. The predicted molar refractivity (Wildman–Crippen MR) is 66.4 cm³/mol. The van der Waals surface area contributed by atoms with Gasteiger partial charge in [-0.2, -0.15) is 0 Å². The molecule has 0 aliphatic heterocycles. The van der Waals surface area contributed by atoms with Crippen LogP contribution in [0.4, 0.5) is 5.69 Å². The molecular formula is C12H15NO2S. The van der Waals surface area contributed by atoms with Gasteiger partial charge in [0, 0.05) is 10.9 Å². The summed E-state index contributed by atoms with van der Waals surface area (Å²) in [7, 11) is 0. The fourth-order valence-corrected chi connectivity index (χ4v) is 2.42. The first-order valence-electron chi connectivity index (χ1n) is 5.48. The number of carbonyl (C=O) groups is 1. The van der Waals surface area contributed by atoms with Gasteiger partial charge in [0.05, 0.1) is 11.3 Å². The first kappa shape index (κ1) is 11.3. The molecule has 0 radical (unpaired) electrons. The number of thioether (sulfide) groups is 1. The normalized spacial score (nSPS) is 14.8. The SMILES string of the molecule is CCSc1cccc(NC2CC2)c1C(=O)O. The van der Waals surface area contributed by atoms with Gasteiger partial charge >= 0.3 is 5.97 Å². The van der Waals surface area contributed by atoms with Gasteiger partial charge in [0.15, 0.2) is 0 Å². The van der Waals surface area contributed by atoms with E-state index in [9.17, 15) is 9.90 Å². The molecule has 0 unspecified atom stereocenters. The van der Waals surface area contributed by atoms with E-state index >= 15 is 0 Å². The van der Waals surface area contributed by atoms with E-state index in [4.69, 9.17) is 0 Å². The smallest absolute Gasteiger partial charge is 0.338 e. The third-order valence-corrected chi connectivity index (χ3v) is 3.42. The lowest BCUT2D eigenvalue weighted by Crippen LogP contribution is -2.09. The van der Waals surface area contributed by atoms with Crippen LogP contribution in [0.1, 0.15) is 30.1 Å². The van der Waals surface area contributed by atoms with Crippen LogP contribution in [0.5, 0.6) is 0 Å². The Morgan fingerprint density at radius 1 is 1.56 bits per heavy atom. The van der Waals surface area contributed by atoms with Crippen LogP contribution >= 0.6 is 11.8 Å². The van der Waals surface area contributed by atoms with E-state index in [-0.39, 0.29) is 0 Å². The molecule has 1 saturated carbocycles. The molecule has 2 rings (SSSR count). The largest absolute Gasteiger partial charge is 0.478 e. The van der Waals surface area contributed by atoms with Crippen molar-refractivity contribution in [3.8, 4) is 0 Å². The van der Waals surface area contributed by atoms with Crippen molar-refractivity contribution < 1.29 is 9.90 Å². The number of benzene rings is 1. The van der Waals surface area contributed by atoms with Crippen molar-refractivity contribution >= 4 is 23.4 Å². The van der Waals surface area contributed by atoms with Crippen molar-refractivity contribution in [3.63, 3.8) is 0 Å². The number of carboxylic acid groups (broad SMARTS) is 1. The molecule has 0 amide bonds. The minimum absolute atomic E-state index is 0.418. The highest BCUT2D eigenvalue weighted by molar-refractivity contribution is 7.99. The van der Waals surface area contributed by atoms with E-state index < -0.39 is 5.97 Å². The van der Waals surface area contributed by atoms with Gasteiger partial charge in [0.2, 0.25) is 0 Å². The molecule has 0 saturated heterocycles. The quantitative estimate of drug-likeness (QED) is 0.773. The fraction of sp³-hybridized carbons (Fsp3) is 0.417. The van der Waals surface area contributed by atoms with Crippen molar-refractivity contribution in [2.24, 2.45) is 0 Å². The van der Waals surface area contributed by atoms with E-state index in [0.717, 1.165) is 29.2 Å². The first-order chi connectivity index (χ1) is 7.72. The van der Waals surface area contributed by atoms with Crippen LogP contribution in [0.25, 0.3) is 0 Å². The monoisotopic (exact) mass is 237 g/mol. The highest BCUT2D eigenvalue weighted by atomic mass is 32.2. The zero-order valence-electron chi connectivity index (χ0n) is 9.19. The molecule has 3 nitrogen and oxygen atoms in total. The molecule has 1 aliphatic rings. The van der Waals surface area contributed by atoms with Gasteiger partial charge in [-0.15, -0.1) is 11.8 Å². The zero-order valence-corrected chi connectivity index (χ0v) is 10.0. The van der Waals surface area contributed by atoms with E-state index in [0.29, 0.717) is 11.6 Å². The first-order valence-corrected chi connectivity index (χ1v) is 6.46. The summed E-state index contributed by atoms with van der Waals surface area (Å²) in [5, 5.41) is 12.5. The molecule has 0 aromatic heterocycles. The zero-order chi connectivity index (χ0) is 11.5. The molecule has 0 heterocycles. The maximum absolute atomic E-state index is 11.3. The van der Waals surface area contributed by atoms with Gasteiger partial charge in [-0.05, 0) is 30.7 Å². The summed E-state index contributed by atoms with van der Waals surface area (Å²) in [6.07, 6.45) is 2.29. The van der Waals surface area contributed by atoms with Crippen molar-refractivity contribution in [3.05, 3.63) is 23.8 Å². The number of hydrogen-bond donors (Lipinski definition) is 2. The van der Waals surface area contributed by atoms with Gasteiger partial charge < -0.3 is 10.4 Å². The summed E-state index contributed by atoms with van der Waals surface area (Å²) in [6.45, 7) is 2.03. The highest BCUT2D eigenvalue weighted by Gasteiger charge is 2.24. The lowest BCUT2D eigenvalue weighted by Gasteiger charge is -2.11. The third-order valence-electron chi connectivity index (χ3n) is 2.48. The van der Waals surface area contributed by atoms with Gasteiger partial charge in [0.25, 0.3) is 0 Å². The van der Waals surface area contributed by atoms with Crippen LogP contribution in [0, 0.1) is 0 Å². The molecule has 1 aromatic carbocycles. The van der Waals surface area contributed by atoms with Gasteiger partial charge in [-0.1, -0.05) is 13.0 Å². The maximum Gasteiger partial charge on any atom is 0.338 e. The Labute approximate surface area is 99.2 Å². The molecule has 86 valence electrons. The van der Waals surface area contributed by atoms with E-state index in [1.165, 1.54) is 0 Å². The predicted octanol–water partition coefficient (Wildman–Crippen LogP) is 3.07. The van der Waals surface area contributed by atoms with Crippen LogP contribution in [0.15, 0.2) is 23.1 Å². The molecule has 4 heteroatoms. The lowest BCUT2D eigenvalue weighted by molar-refractivity contribution is 0.0694. The minimum atomic E-state index is -0.847. The summed E-state index contributed by atoms with van der Waals surface area (Å²) in [4.78, 5) is 12.1. The number of hydrogen-bond acceptors (Lipinski definition) is 3. The van der Waals surface area contributed by atoms with Crippen molar-refractivity contribution in [2.45, 2.75) is 30.7 Å². The standard InChI is InChI=1S/C12H15NO2S/c1-2-16-10-5-3-4-9(11(10)12(14)15)13-8-6-7-8/h3-5,8,13H,2,6-7H2,1H3,(H,14,15). The summed E-state index contributed by atoms with van der Waals surface area (Å²) in [6, 6.07) is 6.10. The molecule has 0 atom stereocenters. The van der Waals surface area contributed by atoms with E-state index in [1.54, 1.807) is 11.8 Å². The Bertz CT molecular complexity index is 402. The second kappa shape index (κ2) is 4.78. The Morgan fingerprint density at radius 3 is 2.88 bits per heavy atom. The van der Waals surface area contributed by atoms with Crippen LogP contribution in [-0.2, 0) is 0 Å². The molecule has 0 bridgehead atoms. The van der Waals surface area contributed by atoms with Crippen molar-refractivity contribution in [1.82, 2.24) is 0 Å². The van der Waals surface area contributed by atoms with Gasteiger partial charge in [-0.25, -0.2) is 4.79 Å². The number of carboxylic acids is 1. The van der Waals surface area contributed by atoms with Crippen molar-refractivity contribution in [1.29, 1.82) is 0 Å². The minimum Gasteiger partial charge on any atom is -0.478 e. The number of anilines is 1. The van der Waals surface area contributed by atoms with Gasteiger partial charge in [-0.3, -0.25) is 0 Å². The van der Waals surface area contributed by atoms with Crippen LogP contribution < -0.4 is 5.32 Å². The molecule has 16 heavy (non-hydrogen) atoms. The molecule has 1 aliphatic carbocycles. The molecule has 2 N–H and O–H groups in total. The molecular weight excluding hydrogens is 222 g/mol. The molecule has 0 spiro atoms. The Morgan fingerprint density at radius 2 is 2.31 bits per heavy atom. The van der Waals surface area contributed by atoms with E-state index in [1.807, 2.05) is 25.1 Å². The topological polar surface area (TPSA) is 49.3 Å². The Kier molecular flexibility index (Phi) is 3.39. The second-order valence-electron chi connectivity index (χ2n) is 3.84. The van der Waals surface area contributed by atoms with Crippen LogP contribution in [-0.4, -0.2) is 22.9 Å². The fourth-order valence-electron chi connectivity index (χ4n) is 1.60. The second-order valence-corrected chi connectivity index (χ2v) is 5.14. The Hall–Kier alpha value is -1.16. The average Bonchev–Trinajstić information content (AvgIpc) is 3.02. The van der Waals surface area contributed by atoms with Crippen LogP contribution in [0.2, 0.25) is 0 Å². The maximum atomic E-state index is 11.3. The van der Waals surface area contributed by atoms with Crippen molar-refractivity contribution in [2.75, 3.05) is 11.1 Å². The Balaban J connectivity index is 2.33. The average molecular weight is 237 g/mol. The number of nitrogens with one attached hydrogen (secondary N) is 1. The van der Waals surface area contributed by atoms with Gasteiger partial charge in [0.1, 0.15) is 0 Å².